The summed E-state index contributed by atoms with van der Waals surface area (Å²) in [6, 6.07) is 10.4. The van der Waals surface area contributed by atoms with Crippen LogP contribution in [0.4, 0.5) is 0 Å². The molecule has 0 unspecified atom stereocenters. The molecule has 1 heterocycles. The van der Waals surface area contributed by atoms with Crippen LogP contribution < -0.4 is 10.3 Å². The summed E-state index contributed by atoms with van der Waals surface area (Å²) in [5.74, 6) is -2.59. The number of carbonyl (C=O) groups excluding carboxylic acids is 1. The van der Waals surface area contributed by atoms with E-state index in [0.29, 0.717) is 6.42 Å². The Morgan fingerprint density at radius 1 is 1.11 bits per heavy atom. The molecule has 0 aliphatic heterocycles. The molecule has 0 saturated carbocycles. The monoisotopic (exact) mass is 403 g/mol. The van der Waals surface area contributed by atoms with E-state index in [1.165, 1.54) is 0 Å². The Kier molecular flexibility index (Phi) is 5.34. The molecule has 0 atom stereocenters. The molecular formula is C18H17N3O6S. The van der Waals surface area contributed by atoms with Gasteiger partial charge in [0, 0.05) is 23.5 Å². The van der Waals surface area contributed by atoms with Crippen molar-refractivity contribution in [1.82, 2.24) is 15.2 Å². The van der Waals surface area contributed by atoms with Crippen molar-refractivity contribution < 1.29 is 28.2 Å². The van der Waals surface area contributed by atoms with Crippen molar-refractivity contribution in [2.45, 2.75) is 17.7 Å². The standard InChI is InChI=1S/C18H17N3O6S/c22-16-7-6-12(9-14(16)18(24)25)28(26,27)21-20-17(23)8-5-11-10-19-15-4-2-1-3-13(11)15/h1-4,6-7,9-10,19,21-22H,5,8H2,(H,20,23)(H,24,25). The van der Waals surface area contributed by atoms with Gasteiger partial charge in [-0.2, -0.15) is 0 Å². The summed E-state index contributed by atoms with van der Waals surface area (Å²) >= 11 is 0. The number of hydrazine groups is 1. The lowest BCUT2D eigenvalue weighted by molar-refractivity contribution is -0.121. The number of aromatic carboxylic acids is 1. The topological polar surface area (TPSA) is 149 Å². The highest BCUT2D eigenvalue weighted by molar-refractivity contribution is 7.89. The molecule has 0 saturated heterocycles. The van der Waals surface area contributed by atoms with Crippen molar-refractivity contribution >= 4 is 32.8 Å². The average Bonchev–Trinajstić information content (AvgIpc) is 3.08. The molecule has 3 aromatic rings. The van der Waals surface area contributed by atoms with E-state index in [1.54, 1.807) is 6.20 Å². The summed E-state index contributed by atoms with van der Waals surface area (Å²) in [5, 5.41) is 19.4. The van der Waals surface area contributed by atoms with Gasteiger partial charge in [-0.05, 0) is 36.2 Å². The van der Waals surface area contributed by atoms with Crippen LogP contribution in [0.1, 0.15) is 22.3 Å². The predicted molar refractivity (Wildman–Crippen MR) is 100 cm³/mol. The zero-order valence-electron chi connectivity index (χ0n) is 14.5. The molecule has 9 nitrogen and oxygen atoms in total. The van der Waals surface area contributed by atoms with Crippen LogP contribution in [0.3, 0.4) is 0 Å². The zero-order chi connectivity index (χ0) is 20.3. The minimum absolute atomic E-state index is 0.0420. The van der Waals surface area contributed by atoms with Gasteiger partial charge in [-0.1, -0.05) is 18.2 Å². The maximum Gasteiger partial charge on any atom is 0.339 e. The number of aromatic hydroxyl groups is 1. The number of sulfonamides is 1. The molecule has 146 valence electrons. The number of phenols is 1. The third-order valence-electron chi connectivity index (χ3n) is 4.13. The summed E-state index contributed by atoms with van der Waals surface area (Å²) in [5.41, 5.74) is 3.41. The molecule has 0 aliphatic rings. The van der Waals surface area contributed by atoms with Gasteiger partial charge in [0.2, 0.25) is 5.91 Å². The molecular weight excluding hydrogens is 386 g/mol. The van der Waals surface area contributed by atoms with Crippen LogP contribution in [0.25, 0.3) is 10.9 Å². The number of carboxylic acids is 1. The number of benzene rings is 2. The quantitative estimate of drug-likeness (QED) is 0.378. The van der Waals surface area contributed by atoms with Crippen molar-refractivity contribution in [3.8, 4) is 5.75 Å². The highest BCUT2D eigenvalue weighted by Crippen LogP contribution is 2.21. The number of amides is 1. The number of carboxylic acid groups (broad SMARTS) is 1. The molecule has 2 aromatic carbocycles. The fraction of sp³-hybridized carbons (Fsp3) is 0.111. The summed E-state index contributed by atoms with van der Waals surface area (Å²) in [7, 11) is -4.20. The summed E-state index contributed by atoms with van der Waals surface area (Å²) in [6.07, 6.45) is 2.24. The first-order valence-electron chi connectivity index (χ1n) is 8.20. The Balaban J connectivity index is 1.62. The van der Waals surface area contributed by atoms with E-state index in [0.717, 1.165) is 34.7 Å². The number of rotatable bonds is 7. The van der Waals surface area contributed by atoms with Crippen LogP contribution in [-0.2, 0) is 21.2 Å². The van der Waals surface area contributed by atoms with E-state index in [2.05, 4.69) is 10.4 Å². The number of para-hydroxylation sites is 1. The van der Waals surface area contributed by atoms with Crippen LogP contribution in [0.2, 0.25) is 0 Å². The maximum absolute atomic E-state index is 12.2. The second-order valence-electron chi connectivity index (χ2n) is 6.00. The number of nitrogens with one attached hydrogen (secondary N) is 3. The van der Waals surface area contributed by atoms with Crippen molar-refractivity contribution in [3.05, 3.63) is 59.8 Å². The van der Waals surface area contributed by atoms with Crippen molar-refractivity contribution in [3.63, 3.8) is 0 Å². The van der Waals surface area contributed by atoms with E-state index < -0.39 is 38.1 Å². The fourth-order valence-corrected chi connectivity index (χ4v) is 3.57. The zero-order valence-corrected chi connectivity index (χ0v) is 15.3. The number of H-pyrrole nitrogens is 1. The lowest BCUT2D eigenvalue weighted by Crippen LogP contribution is -2.41. The first-order chi connectivity index (χ1) is 13.3. The van der Waals surface area contributed by atoms with Crippen LogP contribution in [0, 0.1) is 0 Å². The Morgan fingerprint density at radius 2 is 1.86 bits per heavy atom. The molecule has 28 heavy (non-hydrogen) atoms. The van der Waals surface area contributed by atoms with Gasteiger partial charge in [0.15, 0.2) is 0 Å². The molecule has 0 fully saturated rings. The number of fused-ring (bicyclic) bond motifs is 1. The minimum atomic E-state index is -4.20. The van der Waals surface area contributed by atoms with Gasteiger partial charge in [0.25, 0.3) is 10.0 Å². The first kappa shape index (κ1) is 19.4. The molecule has 0 aliphatic carbocycles. The molecule has 1 amide bonds. The van der Waals surface area contributed by atoms with Crippen LogP contribution >= 0.6 is 0 Å². The van der Waals surface area contributed by atoms with Crippen LogP contribution in [0.15, 0.2) is 53.6 Å². The van der Waals surface area contributed by atoms with Gasteiger partial charge in [-0.25, -0.2) is 13.2 Å². The van der Waals surface area contributed by atoms with Gasteiger partial charge in [0.1, 0.15) is 11.3 Å². The molecule has 0 radical (unpaired) electrons. The highest BCUT2D eigenvalue weighted by atomic mass is 32.2. The number of aromatic nitrogens is 1. The Labute approximate surface area is 160 Å². The predicted octanol–water partition coefficient (Wildman–Crippen LogP) is 1.51. The summed E-state index contributed by atoms with van der Waals surface area (Å²) in [6.45, 7) is 0. The van der Waals surface area contributed by atoms with Gasteiger partial charge >= 0.3 is 5.97 Å². The Morgan fingerprint density at radius 3 is 2.61 bits per heavy atom. The van der Waals surface area contributed by atoms with Gasteiger partial charge in [0.05, 0.1) is 4.90 Å². The van der Waals surface area contributed by atoms with E-state index in [-0.39, 0.29) is 6.42 Å². The Bertz CT molecular complexity index is 1150. The van der Waals surface area contributed by atoms with E-state index in [9.17, 15) is 23.1 Å². The van der Waals surface area contributed by atoms with Crippen molar-refractivity contribution in [2.75, 3.05) is 0 Å². The van der Waals surface area contributed by atoms with E-state index >= 15 is 0 Å². The molecule has 0 spiro atoms. The molecule has 5 N–H and O–H groups in total. The van der Waals surface area contributed by atoms with Crippen molar-refractivity contribution in [1.29, 1.82) is 0 Å². The highest BCUT2D eigenvalue weighted by Gasteiger charge is 2.19. The number of carbonyl (C=O) groups is 2. The third-order valence-corrected chi connectivity index (χ3v) is 5.38. The number of aromatic amines is 1. The SMILES string of the molecule is O=C(CCc1c[nH]c2ccccc12)NNS(=O)(=O)c1ccc(O)c(C(=O)O)c1. The first-order valence-corrected chi connectivity index (χ1v) is 9.68. The third kappa shape index (κ3) is 4.13. The van der Waals surface area contributed by atoms with Crippen LogP contribution in [0.5, 0.6) is 5.75 Å². The largest absolute Gasteiger partial charge is 0.507 e. The summed E-state index contributed by atoms with van der Waals surface area (Å²) in [4.78, 5) is 27.6. The van der Waals surface area contributed by atoms with Crippen molar-refractivity contribution in [2.24, 2.45) is 0 Å². The van der Waals surface area contributed by atoms with E-state index in [4.69, 9.17) is 5.11 Å². The normalized spacial score (nSPS) is 11.4. The minimum Gasteiger partial charge on any atom is -0.507 e. The second kappa shape index (κ2) is 7.71. The molecule has 10 heteroatoms. The van der Waals surface area contributed by atoms with Crippen LogP contribution in [-0.4, -0.2) is 35.5 Å². The smallest absolute Gasteiger partial charge is 0.339 e. The van der Waals surface area contributed by atoms with E-state index in [1.807, 2.05) is 29.1 Å². The lowest BCUT2D eigenvalue weighted by Gasteiger charge is -2.09. The second-order valence-corrected chi connectivity index (χ2v) is 7.68. The number of hydrogen-bond acceptors (Lipinski definition) is 5. The molecule has 1 aromatic heterocycles. The number of aryl methyl sites for hydroxylation is 1. The number of hydrogen-bond donors (Lipinski definition) is 5. The Hall–Kier alpha value is -3.37. The van der Waals surface area contributed by atoms with Gasteiger partial charge in [-0.15, -0.1) is 4.83 Å². The molecule has 3 rings (SSSR count). The summed E-state index contributed by atoms with van der Waals surface area (Å²) < 4.78 is 24.5. The fourth-order valence-electron chi connectivity index (χ4n) is 2.69. The molecule has 0 bridgehead atoms. The average molecular weight is 403 g/mol. The lowest BCUT2D eigenvalue weighted by atomic mass is 10.1. The van der Waals surface area contributed by atoms with Gasteiger partial charge in [-0.3, -0.25) is 10.2 Å². The van der Waals surface area contributed by atoms with Gasteiger partial charge < -0.3 is 15.2 Å². The maximum atomic E-state index is 12.2.